The van der Waals surface area contributed by atoms with Crippen molar-refractivity contribution >= 4 is 33.3 Å². The van der Waals surface area contributed by atoms with Gasteiger partial charge in [-0.25, -0.2) is 9.97 Å². The Balaban J connectivity index is 2.21. The maximum Gasteiger partial charge on any atom is 0.270 e. The molecule has 1 amide bonds. The maximum atomic E-state index is 12.2. The quantitative estimate of drug-likeness (QED) is 0.827. The summed E-state index contributed by atoms with van der Waals surface area (Å²) < 4.78 is 1.02. The van der Waals surface area contributed by atoms with Crippen LogP contribution in [0.5, 0.6) is 0 Å². The Morgan fingerprint density at radius 1 is 1.22 bits per heavy atom. The summed E-state index contributed by atoms with van der Waals surface area (Å²) in [6.07, 6.45) is 0. The Bertz CT molecular complexity index is 716. The van der Waals surface area contributed by atoms with Gasteiger partial charge in [0.15, 0.2) is 0 Å². The van der Waals surface area contributed by atoms with Crippen LogP contribution in [-0.2, 0) is 0 Å². The molecule has 5 nitrogen and oxygen atoms in total. The fourth-order valence-electron chi connectivity index (χ4n) is 2.04. The molecule has 0 aliphatic rings. The average molecular weight is 377 g/mol. The van der Waals surface area contributed by atoms with Crippen molar-refractivity contribution in [2.24, 2.45) is 5.92 Å². The van der Waals surface area contributed by atoms with E-state index in [1.54, 1.807) is 13.0 Å². The Hall–Kier alpha value is -1.95. The molecule has 0 saturated heterocycles. The first-order valence-corrected chi connectivity index (χ1v) is 8.31. The van der Waals surface area contributed by atoms with Gasteiger partial charge in [-0.2, -0.15) is 0 Å². The van der Waals surface area contributed by atoms with E-state index in [1.165, 1.54) is 0 Å². The molecule has 1 aromatic carbocycles. The van der Waals surface area contributed by atoms with Crippen molar-refractivity contribution in [3.8, 4) is 0 Å². The molecule has 0 saturated carbocycles. The second kappa shape index (κ2) is 7.55. The maximum absolute atomic E-state index is 12.2. The fourth-order valence-corrected chi connectivity index (χ4v) is 2.52. The molecule has 0 atom stereocenters. The predicted molar refractivity (Wildman–Crippen MR) is 96.1 cm³/mol. The molecule has 6 heteroatoms. The van der Waals surface area contributed by atoms with Gasteiger partial charge >= 0.3 is 0 Å². The molecule has 1 heterocycles. The van der Waals surface area contributed by atoms with Crippen LogP contribution in [0.25, 0.3) is 0 Å². The highest BCUT2D eigenvalue weighted by molar-refractivity contribution is 9.10. The highest BCUT2D eigenvalue weighted by Crippen LogP contribution is 2.23. The van der Waals surface area contributed by atoms with Crippen molar-refractivity contribution < 1.29 is 4.79 Å². The molecule has 0 aliphatic carbocycles. The summed E-state index contributed by atoms with van der Waals surface area (Å²) in [7, 11) is 0. The highest BCUT2D eigenvalue weighted by atomic mass is 79.9. The Labute approximate surface area is 145 Å². The number of carbonyl (C=O) groups is 1. The standard InChI is InChI=1S/C17H21BrN4O/c1-10(2)9-19-17(23)15-8-16(21-12(4)20-15)22-14-6-5-13(18)7-11(14)3/h5-8,10H,9H2,1-4H3,(H,19,23)(H,20,21,22). The van der Waals surface area contributed by atoms with E-state index in [1.807, 2.05) is 25.1 Å². The SMILES string of the molecule is Cc1nc(Nc2ccc(Br)cc2C)cc(C(=O)NCC(C)C)n1. The van der Waals surface area contributed by atoms with Crippen molar-refractivity contribution in [2.45, 2.75) is 27.7 Å². The average Bonchev–Trinajstić information content (AvgIpc) is 2.47. The normalized spacial score (nSPS) is 10.7. The van der Waals surface area contributed by atoms with Gasteiger partial charge in [-0.3, -0.25) is 4.79 Å². The van der Waals surface area contributed by atoms with Crippen LogP contribution in [0.15, 0.2) is 28.7 Å². The van der Waals surface area contributed by atoms with Gasteiger partial charge in [0.2, 0.25) is 0 Å². The van der Waals surface area contributed by atoms with Gasteiger partial charge in [0.05, 0.1) is 0 Å². The van der Waals surface area contributed by atoms with Gasteiger partial charge in [-0.1, -0.05) is 29.8 Å². The van der Waals surface area contributed by atoms with Crippen LogP contribution >= 0.6 is 15.9 Å². The minimum atomic E-state index is -0.181. The van der Waals surface area contributed by atoms with Crippen LogP contribution in [0.3, 0.4) is 0 Å². The smallest absolute Gasteiger partial charge is 0.270 e. The van der Waals surface area contributed by atoms with Crippen LogP contribution < -0.4 is 10.6 Å². The highest BCUT2D eigenvalue weighted by Gasteiger charge is 2.11. The molecule has 1 aromatic heterocycles. The Kier molecular flexibility index (Phi) is 5.71. The molecular formula is C17H21BrN4O. The number of anilines is 2. The summed E-state index contributed by atoms with van der Waals surface area (Å²) >= 11 is 3.45. The fraction of sp³-hybridized carbons (Fsp3) is 0.353. The summed E-state index contributed by atoms with van der Waals surface area (Å²) in [6, 6.07) is 7.62. The minimum Gasteiger partial charge on any atom is -0.350 e. The number of amides is 1. The van der Waals surface area contributed by atoms with E-state index < -0.39 is 0 Å². The number of aryl methyl sites for hydroxylation is 2. The van der Waals surface area contributed by atoms with Gasteiger partial charge in [0.1, 0.15) is 17.3 Å². The summed E-state index contributed by atoms with van der Waals surface area (Å²) in [4.78, 5) is 20.8. The molecule has 0 spiro atoms. The van der Waals surface area contributed by atoms with Crippen LogP contribution in [0.1, 0.15) is 35.7 Å². The molecule has 2 rings (SSSR count). The van der Waals surface area contributed by atoms with Crippen molar-refractivity contribution in [1.29, 1.82) is 0 Å². The third-order valence-corrected chi connectivity index (χ3v) is 3.69. The molecule has 23 heavy (non-hydrogen) atoms. The van der Waals surface area contributed by atoms with Gasteiger partial charge in [-0.05, 0) is 43.5 Å². The number of nitrogens with one attached hydrogen (secondary N) is 2. The van der Waals surface area contributed by atoms with Gasteiger partial charge in [0, 0.05) is 22.8 Å². The van der Waals surface area contributed by atoms with Crippen molar-refractivity contribution in [2.75, 3.05) is 11.9 Å². The molecule has 122 valence electrons. The first kappa shape index (κ1) is 17.4. The second-order valence-electron chi connectivity index (χ2n) is 5.87. The number of nitrogens with zero attached hydrogens (tertiary/aromatic N) is 2. The number of carbonyl (C=O) groups excluding carboxylic acids is 1. The topological polar surface area (TPSA) is 66.9 Å². The van der Waals surface area contributed by atoms with Gasteiger partial charge in [-0.15, -0.1) is 0 Å². The second-order valence-corrected chi connectivity index (χ2v) is 6.79. The lowest BCUT2D eigenvalue weighted by molar-refractivity contribution is 0.0943. The van der Waals surface area contributed by atoms with Crippen LogP contribution in [0.4, 0.5) is 11.5 Å². The molecular weight excluding hydrogens is 356 g/mol. The lowest BCUT2D eigenvalue weighted by Crippen LogP contribution is -2.28. The summed E-state index contributed by atoms with van der Waals surface area (Å²) in [6.45, 7) is 8.51. The third-order valence-electron chi connectivity index (χ3n) is 3.19. The van der Waals surface area contributed by atoms with E-state index in [2.05, 4.69) is 50.4 Å². The Morgan fingerprint density at radius 2 is 1.96 bits per heavy atom. The lowest BCUT2D eigenvalue weighted by atomic mass is 10.2. The van der Waals surface area contributed by atoms with Crippen molar-refractivity contribution in [3.63, 3.8) is 0 Å². The van der Waals surface area contributed by atoms with E-state index in [0.717, 1.165) is 15.7 Å². The van der Waals surface area contributed by atoms with E-state index >= 15 is 0 Å². The third kappa shape index (κ3) is 5.03. The molecule has 0 unspecified atom stereocenters. The monoisotopic (exact) mass is 376 g/mol. The predicted octanol–water partition coefficient (Wildman–Crippen LogP) is 3.99. The molecule has 2 N–H and O–H groups in total. The van der Waals surface area contributed by atoms with Crippen molar-refractivity contribution in [3.05, 3.63) is 45.8 Å². The number of aromatic nitrogens is 2. The number of benzene rings is 1. The number of hydrogen-bond donors (Lipinski definition) is 2. The molecule has 2 aromatic rings. The van der Waals surface area contributed by atoms with Crippen LogP contribution in [-0.4, -0.2) is 22.4 Å². The zero-order valence-corrected chi connectivity index (χ0v) is 15.4. The number of rotatable bonds is 5. The first-order chi connectivity index (χ1) is 10.8. The summed E-state index contributed by atoms with van der Waals surface area (Å²) in [5, 5.41) is 6.12. The molecule has 0 bridgehead atoms. The zero-order chi connectivity index (χ0) is 17.0. The largest absolute Gasteiger partial charge is 0.350 e. The van der Waals surface area contributed by atoms with Gasteiger partial charge < -0.3 is 10.6 Å². The molecule has 0 radical (unpaired) electrons. The van der Waals surface area contributed by atoms with Crippen LogP contribution in [0, 0.1) is 19.8 Å². The number of halogens is 1. The van der Waals surface area contributed by atoms with Crippen molar-refractivity contribution in [1.82, 2.24) is 15.3 Å². The first-order valence-electron chi connectivity index (χ1n) is 7.52. The Morgan fingerprint density at radius 3 is 2.61 bits per heavy atom. The van der Waals surface area contributed by atoms with E-state index in [-0.39, 0.29) is 5.91 Å². The molecule has 0 fully saturated rings. The van der Waals surface area contributed by atoms with E-state index in [4.69, 9.17) is 0 Å². The summed E-state index contributed by atoms with van der Waals surface area (Å²) in [5.74, 6) is 1.38. The molecule has 0 aliphatic heterocycles. The van der Waals surface area contributed by atoms with E-state index in [9.17, 15) is 4.79 Å². The van der Waals surface area contributed by atoms with Gasteiger partial charge in [0.25, 0.3) is 5.91 Å². The number of hydrogen-bond acceptors (Lipinski definition) is 4. The lowest BCUT2D eigenvalue weighted by Gasteiger charge is -2.12. The summed E-state index contributed by atoms with van der Waals surface area (Å²) in [5.41, 5.74) is 2.40. The zero-order valence-electron chi connectivity index (χ0n) is 13.8. The minimum absolute atomic E-state index is 0.181. The van der Waals surface area contributed by atoms with E-state index in [0.29, 0.717) is 29.8 Å². The van der Waals surface area contributed by atoms with Crippen LogP contribution in [0.2, 0.25) is 0 Å².